The van der Waals surface area contributed by atoms with E-state index in [1.165, 1.54) is 9.40 Å². The number of fused-ring (bicyclic) bond motifs is 1. The van der Waals surface area contributed by atoms with Crippen molar-refractivity contribution in [1.82, 2.24) is 14.7 Å². The maximum Gasteiger partial charge on any atom is 0.264 e. The van der Waals surface area contributed by atoms with Gasteiger partial charge in [-0.15, -0.1) is 22.7 Å². The molecule has 1 aliphatic rings. The van der Waals surface area contributed by atoms with E-state index in [4.69, 9.17) is 0 Å². The fourth-order valence-corrected chi connectivity index (χ4v) is 5.44. The summed E-state index contributed by atoms with van der Waals surface area (Å²) in [5.74, 6) is 0.183. The van der Waals surface area contributed by atoms with Crippen LogP contribution in [0.1, 0.15) is 34.1 Å². The molecular weight excluding hydrogens is 314 g/mol. The van der Waals surface area contributed by atoms with Crippen LogP contribution in [0.25, 0.3) is 9.40 Å². The number of aromatic nitrogens is 2. The van der Waals surface area contributed by atoms with Crippen molar-refractivity contribution < 1.29 is 4.79 Å². The Morgan fingerprint density at radius 2 is 2.36 bits per heavy atom. The molecule has 0 spiro atoms. The van der Waals surface area contributed by atoms with Crippen LogP contribution in [-0.2, 0) is 0 Å². The number of thiophene rings is 2. The number of piperidine rings is 1. The minimum atomic E-state index is 0.183. The molecular formula is C16H17N3OS2. The molecule has 22 heavy (non-hydrogen) atoms. The maximum absolute atomic E-state index is 12.9. The average molecular weight is 331 g/mol. The third kappa shape index (κ3) is 2.27. The Morgan fingerprint density at radius 3 is 3.14 bits per heavy atom. The van der Waals surface area contributed by atoms with E-state index in [1.54, 1.807) is 28.9 Å². The van der Waals surface area contributed by atoms with Crippen molar-refractivity contribution in [3.05, 3.63) is 40.3 Å². The molecule has 0 aliphatic carbocycles. The Hall–Kier alpha value is -1.66. The second-order valence-corrected chi connectivity index (χ2v) is 7.67. The quantitative estimate of drug-likeness (QED) is 0.713. The van der Waals surface area contributed by atoms with E-state index in [0.717, 1.165) is 36.4 Å². The van der Waals surface area contributed by atoms with Gasteiger partial charge in [-0.2, -0.15) is 5.10 Å². The summed E-state index contributed by atoms with van der Waals surface area (Å²) in [6.07, 6.45) is 5.92. The highest BCUT2D eigenvalue weighted by Gasteiger charge is 2.28. The van der Waals surface area contributed by atoms with Crippen molar-refractivity contribution in [3.8, 4) is 0 Å². The van der Waals surface area contributed by atoms with Crippen LogP contribution in [0.2, 0.25) is 0 Å². The molecule has 6 heteroatoms. The largest absolute Gasteiger partial charge is 0.336 e. The van der Waals surface area contributed by atoms with Crippen molar-refractivity contribution in [1.29, 1.82) is 0 Å². The summed E-state index contributed by atoms with van der Waals surface area (Å²) < 4.78 is 4.47. The van der Waals surface area contributed by atoms with Gasteiger partial charge in [0.25, 0.3) is 5.91 Å². The van der Waals surface area contributed by atoms with E-state index in [-0.39, 0.29) is 5.91 Å². The van der Waals surface area contributed by atoms with Gasteiger partial charge in [0.05, 0.1) is 10.9 Å². The number of likely N-dealkylation sites (tertiary alicyclic amines) is 1. The van der Waals surface area contributed by atoms with Gasteiger partial charge in [0.1, 0.15) is 0 Å². The van der Waals surface area contributed by atoms with Crippen molar-refractivity contribution in [3.63, 3.8) is 0 Å². The van der Waals surface area contributed by atoms with Gasteiger partial charge in [-0.05, 0) is 42.8 Å². The number of rotatable bonds is 2. The van der Waals surface area contributed by atoms with Crippen molar-refractivity contribution >= 4 is 38.0 Å². The number of aryl methyl sites for hydroxylation is 1. The average Bonchev–Trinajstić information content (AvgIpc) is 3.26. The second kappa shape index (κ2) is 5.52. The van der Waals surface area contributed by atoms with E-state index in [9.17, 15) is 4.79 Å². The Balaban J connectivity index is 1.59. The molecule has 3 aromatic rings. The standard InChI is InChI=1S/C16H17N3OS2/c1-11-14-13(5-9-21-14)22-15(11)16(20)18-7-2-4-12(10-18)19-8-3-6-17-19/h3,5-6,8-9,12H,2,4,7,10H2,1H3/t12-/m0/s1. The van der Waals surface area contributed by atoms with Crippen LogP contribution in [0.15, 0.2) is 29.9 Å². The Morgan fingerprint density at radius 1 is 1.45 bits per heavy atom. The van der Waals surface area contributed by atoms with Crippen molar-refractivity contribution in [2.45, 2.75) is 25.8 Å². The minimum absolute atomic E-state index is 0.183. The number of amides is 1. The summed E-state index contributed by atoms with van der Waals surface area (Å²) in [5.41, 5.74) is 1.14. The lowest BCUT2D eigenvalue weighted by Crippen LogP contribution is -2.40. The van der Waals surface area contributed by atoms with Gasteiger partial charge in [-0.1, -0.05) is 0 Å². The Bertz CT molecular complexity index is 803. The summed E-state index contributed by atoms with van der Waals surface area (Å²) in [6, 6.07) is 4.35. The maximum atomic E-state index is 12.9. The molecule has 1 fully saturated rings. The zero-order chi connectivity index (χ0) is 15.1. The predicted molar refractivity (Wildman–Crippen MR) is 90.8 cm³/mol. The monoisotopic (exact) mass is 331 g/mol. The third-order valence-electron chi connectivity index (χ3n) is 4.30. The molecule has 1 aliphatic heterocycles. The molecule has 3 aromatic heterocycles. The first-order chi connectivity index (χ1) is 10.7. The molecule has 0 saturated carbocycles. The number of carbonyl (C=O) groups is 1. The van der Waals surface area contributed by atoms with Gasteiger partial charge in [0.2, 0.25) is 0 Å². The highest BCUT2D eigenvalue weighted by molar-refractivity contribution is 7.28. The van der Waals surface area contributed by atoms with Crippen LogP contribution >= 0.6 is 22.7 Å². The van der Waals surface area contributed by atoms with Crippen LogP contribution in [0.4, 0.5) is 0 Å². The zero-order valence-electron chi connectivity index (χ0n) is 12.4. The molecule has 4 heterocycles. The molecule has 1 atom stereocenters. The lowest BCUT2D eigenvalue weighted by atomic mass is 10.1. The summed E-state index contributed by atoms with van der Waals surface area (Å²) in [4.78, 5) is 15.8. The fraction of sp³-hybridized carbons (Fsp3) is 0.375. The highest BCUT2D eigenvalue weighted by Crippen LogP contribution is 2.36. The molecule has 4 nitrogen and oxygen atoms in total. The van der Waals surface area contributed by atoms with Crippen LogP contribution in [-0.4, -0.2) is 33.7 Å². The molecule has 0 bridgehead atoms. The third-order valence-corrected chi connectivity index (χ3v) is 6.71. The van der Waals surface area contributed by atoms with E-state index in [0.29, 0.717) is 6.04 Å². The van der Waals surface area contributed by atoms with Gasteiger partial charge in [-0.3, -0.25) is 9.48 Å². The normalized spacial score (nSPS) is 19.0. The van der Waals surface area contributed by atoms with E-state index < -0.39 is 0 Å². The van der Waals surface area contributed by atoms with E-state index in [1.807, 2.05) is 21.8 Å². The van der Waals surface area contributed by atoms with Crippen molar-refractivity contribution in [2.24, 2.45) is 0 Å². The Labute approximate surface area is 137 Å². The molecule has 1 saturated heterocycles. The number of nitrogens with zero attached hydrogens (tertiary/aromatic N) is 3. The molecule has 0 radical (unpaired) electrons. The van der Waals surface area contributed by atoms with Gasteiger partial charge in [0, 0.05) is 34.9 Å². The zero-order valence-corrected chi connectivity index (χ0v) is 14.0. The van der Waals surface area contributed by atoms with Crippen LogP contribution < -0.4 is 0 Å². The van der Waals surface area contributed by atoms with Gasteiger partial charge in [0.15, 0.2) is 0 Å². The Kier molecular flexibility index (Phi) is 3.50. The van der Waals surface area contributed by atoms with Crippen LogP contribution in [0.5, 0.6) is 0 Å². The first kappa shape index (κ1) is 14.0. The summed E-state index contributed by atoms with van der Waals surface area (Å²) >= 11 is 3.35. The molecule has 114 valence electrons. The molecule has 0 aromatic carbocycles. The smallest absolute Gasteiger partial charge is 0.264 e. The minimum Gasteiger partial charge on any atom is -0.336 e. The highest BCUT2D eigenvalue weighted by atomic mass is 32.1. The molecule has 1 amide bonds. The van der Waals surface area contributed by atoms with Crippen molar-refractivity contribution in [2.75, 3.05) is 13.1 Å². The lowest BCUT2D eigenvalue weighted by Gasteiger charge is -2.32. The molecule has 0 unspecified atom stereocenters. The first-order valence-electron chi connectivity index (χ1n) is 7.49. The first-order valence-corrected chi connectivity index (χ1v) is 9.18. The number of carbonyl (C=O) groups excluding carboxylic acids is 1. The van der Waals surface area contributed by atoms with Gasteiger partial charge < -0.3 is 4.90 Å². The summed E-state index contributed by atoms with van der Waals surface area (Å²) in [6.45, 7) is 3.67. The van der Waals surface area contributed by atoms with Crippen LogP contribution in [0.3, 0.4) is 0 Å². The lowest BCUT2D eigenvalue weighted by molar-refractivity contribution is 0.0677. The SMILES string of the molecule is Cc1c(C(=O)N2CCC[C@H](n3cccn3)C2)sc2ccsc12. The molecule has 0 N–H and O–H groups in total. The van der Waals surface area contributed by atoms with E-state index >= 15 is 0 Å². The second-order valence-electron chi connectivity index (χ2n) is 5.70. The van der Waals surface area contributed by atoms with Crippen LogP contribution in [0, 0.1) is 6.92 Å². The number of hydrogen-bond donors (Lipinski definition) is 0. The van der Waals surface area contributed by atoms with Gasteiger partial charge in [-0.25, -0.2) is 0 Å². The summed E-state index contributed by atoms with van der Waals surface area (Å²) in [7, 11) is 0. The number of hydrogen-bond acceptors (Lipinski definition) is 4. The van der Waals surface area contributed by atoms with E-state index in [2.05, 4.69) is 23.5 Å². The van der Waals surface area contributed by atoms with Gasteiger partial charge >= 0.3 is 0 Å². The molecule has 4 rings (SSSR count). The summed E-state index contributed by atoms with van der Waals surface area (Å²) in [5, 5.41) is 6.43. The fourth-order valence-electron chi connectivity index (χ4n) is 3.14. The topological polar surface area (TPSA) is 38.1 Å². The predicted octanol–water partition coefficient (Wildman–Crippen LogP) is 3.95.